The molecule has 1 unspecified atom stereocenters. The summed E-state index contributed by atoms with van der Waals surface area (Å²) in [4.78, 5) is 0. The summed E-state index contributed by atoms with van der Waals surface area (Å²) < 4.78 is 103. The highest BCUT2D eigenvalue weighted by Gasteiger charge is 2.48. The molecule has 0 saturated carbocycles. The molecule has 0 aliphatic heterocycles. The van der Waals surface area contributed by atoms with Gasteiger partial charge in [-0.05, 0) is 75.0 Å². The van der Waals surface area contributed by atoms with Gasteiger partial charge in [-0.15, -0.1) is 0 Å². The van der Waals surface area contributed by atoms with Crippen molar-refractivity contribution in [3.05, 3.63) is 58.2 Å². The van der Waals surface area contributed by atoms with Crippen molar-refractivity contribution in [1.82, 2.24) is 0 Å². The lowest BCUT2D eigenvalue weighted by molar-refractivity contribution is -0.0823. The zero-order valence-corrected chi connectivity index (χ0v) is 26.5. The second-order valence-electron chi connectivity index (χ2n) is 12.1. The van der Waals surface area contributed by atoms with Crippen LogP contribution >= 0.6 is 0 Å². The van der Waals surface area contributed by atoms with Crippen LogP contribution in [0.25, 0.3) is 11.1 Å². The third-order valence-electron chi connectivity index (χ3n) is 8.71. The van der Waals surface area contributed by atoms with E-state index in [1.165, 1.54) is 12.1 Å². The highest BCUT2D eigenvalue weighted by atomic mass is 19.3. The zero-order chi connectivity index (χ0) is 32.0. The van der Waals surface area contributed by atoms with Crippen LogP contribution in [0.15, 0.2) is 18.2 Å². The highest BCUT2D eigenvalue weighted by Crippen LogP contribution is 2.49. The van der Waals surface area contributed by atoms with Gasteiger partial charge in [0.05, 0.1) is 5.56 Å². The molecular weight excluding hydrogens is 578 g/mol. The van der Waals surface area contributed by atoms with Gasteiger partial charge in [-0.1, -0.05) is 70.9 Å². The first-order valence-corrected chi connectivity index (χ1v) is 16.8. The van der Waals surface area contributed by atoms with E-state index in [2.05, 4.69) is 13.8 Å². The Morgan fingerprint density at radius 2 is 1.23 bits per heavy atom. The Hall–Kier alpha value is -2.06. The Bertz CT molecular complexity index is 1150. The molecule has 0 amide bonds. The molecular formula is C36H50F6O2. The molecule has 0 N–H and O–H groups in total. The maximum absolute atomic E-state index is 15.5. The molecule has 0 fully saturated rings. The van der Waals surface area contributed by atoms with Crippen molar-refractivity contribution in [1.29, 1.82) is 0 Å². The Morgan fingerprint density at radius 3 is 1.84 bits per heavy atom. The van der Waals surface area contributed by atoms with E-state index in [0.29, 0.717) is 39.1 Å². The Morgan fingerprint density at radius 1 is 0.659 bits per heavy atom. The van der Waals surface area contributed by atoms with Crippen LogP contribution in [0.4, 0.5) is 26.3 Å². The van der Waals surface area contributed by atoms with Crippen molar-refractivity contribution in [3.63, 3.8) is 0 Å². The van der Waals surface area contributed by atoms with E-state index in [1.807, 2.05) is 0 Å². The van der Waals surface area contributed by atoms with Gasteiger partial charge in [0.2, 0.25) is 0 Å². The van der Waals surface area contributed by atoms with Gasteiger partial charge < -0.3 is 9.47 Å². The van der Waals surface area contributed by atoms with E-state index < -0.39 is 51.8 Å². The number of alkyl halides is 2. The molecule has 1 aliphatic carbocycles. The first-order chi connectivity index (χ1) is 21.2. The third-order valence-corrected chi connectivity index (χ3v) is 8.71. The van der Waals surface area contributed by atoms with Gasteiger partial charge in [-0.25, -0.2) is 26.3 Å². The lowest BCUT2D eigenvalue weighted by Gasteiger charge is -2.34. The second kappa shape index (κ2) is 18.8. The van der Waals surface area contributed by atoms with Crippen LogP contribution in [0.1, 0.15) is 120 Å². The Kier molecular flexibility index (Phi) is 15.6. The minimum Gasteiger partial charge on any atom is -0.381 e. The van der Waals surface area contributed by atoms with Gasteiger partial charge in [-0.3, -0.25) is 0 Å². The Balaban J connectivity index is 1.59. The van der Waals surface area contributed by atoms with Gasteiger partial charge in [0, 0.05) is 43.5 Å². The summed E-state index contributed by atoms with van der Waals surface area (Å²) in [6.45, 7) is 6.88. The number of halogens is 6. The van der Waals surface area contributed by atoms with E-state index in [0.717, 1.165) is 76.9 Å². The normalized spacial score (nSPS) is 16.0. The molecule has 248 valence electrons. The molecule has 1 aliphatic rings. The minimum atomic E-state index is -3.55. The standard InChI is InChI=1S/C36H50F6O2/c1-3-5-11-21-43-23-13-7-9-15-26-18-20-29(33(38)32(26)37)30-25-27-17-19-28(36(41,42)31(27)35(40)34(30)39)16-10-8-14-24-44-22-12-6-4-2/h18,20,25,28H,3-17,19,21-24H2,1-2H3. The summed E-state index contributed by atoms with van der Waals surface area (Å²) in [6, 6.07) is 3.66. The number of fused-ring (bicyclic) bond motifs is 1. The van der Waals surface area contributed by atoms with E-state index in [-0.39, 0.29) is 30.4 Å². The first kappa shape index (κ1) is 36.4. The molecule has 3 rings (SSSR count). The number of unbranched alkanes of at least 4 members (excludes halogenated alkanes) is 8. The van der Waals surface area contributed by atoms with Gasteiger partial charge in [0.15, 0.2) is 23.3 Å². The maximum Gasteiger partial charge on any atom is 0.279 e. The average molecular weight is 629 g/mol. The zero-order valence-electron chi connectivity index (χ0n) is 26.5. The van der Waals surface area contributed by atoms with Crippen molar-refractivity contribution in [2.45, 2.75) is 123 Å². The summed E-state index contributed by atoms with van der Waals surface area (Å²) in [5.41, 5.74) is -1.85. The molecule has 0 bridgehead atoms. The maximum atomic E-state index is 15.5. The lowest BCUT2D eigenvalue weighted by Crippen LogP contribution is -2.33. The van der Waals surface area contributed by atoms with Gasteiger partial charge in [-0.2, -0.15) is 0 Å². The van der Waals surface area contributed by atoms with Gasteiger partial charge >= 0.3 is 0 Å². The van der Waals surface area contributed by atoms with Crippen LogP contribution in [0.5, 0.6) is 0 Å². The second-order valence-corrected chi connectivity index (χ2v) is 12.1. The monoisotopic (exact) mass is 628 g/mol. The van der Waals surface area contributed by atoms with Crippen molar-refractivity contribution < 1.29 is 35.8 Å². The Labute approximate surface area is 259 Å². The first-order valence-electron chi connectivity index (χ1n) is 16.8. The molecule has 2 aromatic rings. The SMILES string of the molecule is CCCCCOCCCCCc1ccc(-c2cc3c(c(F)c2F)C(F)(F)C(CCCCCOCCCCC)CC3)c(F)c1F. The molecule has 0 radical (unpaired) electrons. The summed E-state index contributed by atoms with van der Waals surface area (Å²) in [5.74, 6) is -10.3. The predicted octanol–water partition coefficient (Wildman–Crippen LogP) is 11.3. The van der Waals surface area contributed by atoms with Crippen molar-refractivity contribution in [3.8, 4) is 11.1 Å². The topological polar surface area (TPSA) is 18.5 Å². The number of benzene rings is 2. The van der Waals surface area contributed by atoms with Crippen LogP contribution in [-0.2, 0) is 28.2 Å². The highest BCUT2D eigenvalue weighted by molar-refractivity contribution is 5.68. The largest absolute Gasteiger partial charge is 0.381 e. The number of aryl methyl sites for hydroxylation is 2. The van der Waals surface area contributed by atoms with Gasteiger partial charge in [0.1, 0.15) is 0 Å². The fraction of sp³-hybridized carbons (Fsp3) is 0.667. The predicted molar refractivity (Wildman–Crippen MR) is 164 cm³/mol. The minimum absolute atomic E-state index is 0.0542. The lowest BCUT2D eigenvalue weighted by atomic mass is 9.77. The van der Waals surface area contributed by atoms with E-state index in [9.17, 15) is 4.39 Å². The van der Waals surface area contributed by atoms with Crippen LogP contribution in [0.3, 0.4) is 0 Å². The summed E-state index contributed by atoms with van der Waals surface area (Å²) in [5, 5.41) is 0. The van der Waals surface area contributed by atoms with E-state index in [1.54, 1.807) is 0 Å². The number of hydrogen-bond acceptors (Lipinski definition) is 2. The summed E-state index contributed by atoms with van der Waals surface area (Å²) in [6.07, 6.45) is 11.5. The summed E-state index contributed by atoms with van der Waals surface area (Å²) >= 11 is 0. The molecule has 0 spiro atoms. The number of hydrogen-bond donors (Lipinski definition) is 0. The smallest absolute Gasteiger partial charge is 0.279 e. The number of rotatable bonds is 21. The average Bonchev–Trinajstić information content (AvgIpc) is 3.00. The van der Waals surface area contributed by atoms with Crippen molar-refractivity contribution >= 4 is 0 Å². The third kappa shape index (κ3) is 9.97. The van der Waals surface area contributed by atoms with Crippen molar-refractivity contribution in [2.75, 3.05) is 26.4 Å². The molecule has 0 saturated heterocycles. The van der Waals surface area contributed by atoms with E-state index in [4.69, 9.17) is 9.47 Å². The van der Waals surface area contributed by atoms with Crippen LogP contribution in [0, 0.1) is 29.2 Å². The molecule has 2 nitrogen and oxygen atoms in total. The molecule has 0 heterocycles. The van der Waals surface area contributed by atoms with Crippen LogP contribution in [0.2, 0.25) is 0 Å². The fourth-order valence-corrected chi connectivity index (χ4v) is 6.04. The van der Waals surface area contributed by atoms with Gasteiger partial charge in [0.25, 0.3) is 5.92 Å². The molecule has 44 heavy (non-hydrogen) atoms. The molecule has 1 atom stereocenters. The number of ether oxygens (including phenoxy) is 2. The van der Waals surface area contributed by atoms with Crippen LogP contribution < -0.4 is 0 Å². The van der Waals surface area contributed by atoms with E-state index >= 15 is 22.0 Å². The van der Waals surface area contributed by atoms with Crippen LogP contribution in [-0.4, -0.2) is 26.4 Å². The molecule has 0 aromatic heterocycles. The quantitative estimate of drug-likeness (QED) is 0.101. The summed E-state index contributed by atoms with van der Waals surface area (Å²) in [7, 11) is 0. The fourth-order valence-electron chi connectivity index (χ4n) is 6.04. The molecule has 8 heteroatoms. The molecule has 2 aromatic carbocycles. The van der Waals surface area contributed by atoms with Crippen molar-refractivity contribution in [2.24, 2.45) is 5.92 Å².